The van der Waals surface area contributed by atoms with Crippen LogP contribution in [0.5, 0.6) is 0 Å². The fourth-order valence-corrected chi connectivity index (χ4v) is 1.95. The van der Waals surface area contributed by atoms with Crippen molar-refractivity contribution in [1.29, 1.82) is 0 Å². The summed E-state index contributed by atoms with van der Waals surface area (Å²) in [5, 5.41) is 7.72. The average molecular weight is 287 g/mol. The Morgan fingerprint density at radius 2 is 1.25 bits per heavy atom. The summed E-state index contributed by atoms with van der Waals surface area (Å²) < 4.78 is 0. The second-order valence-electron chi connectivity index (χ2n) is 5.70. The second-order valence-corrected chi connectivity index (χ2v) is 5.70. The molecular formula is C17H37NO2. The van der Waals surface area contributed by atoms with E-state index in [1.807, 2.05) is 0 Å². The van der Waals surface area contributed by atoms with Gasteiger partial charge in [0, 0.05) is 12.5 Å². The van der Waals surface area contributed by atoms with Gasteiger partial charge in [0.05, 0.1) is 0 Å². The van der Waals surface area contributed by atoms with Crippen molar-refractivity contribution in [3.05, 3.63) is 0 Å². The van der Waals surface area contributed by atoms with Gasteiger partial charge in [-0.05, 0) is 13.3 Å². The van der Waals surface area contributed by atoms with Crippen LogP contribution in [0.4, 0.5) is 0 Å². The van der Waals surface area contributed by atoms with E-state index in [-0.39, 0.29) is 6.42 Å². The minimum absolute atomic E-state index is 0.222. The zero-order valence-corrected chi connectivity index (χ0v) is 14.0. The third-order valence-corrected chi connectivity index (χ3v) is 3.32. The minimum Gasteiger partial charge on any atom is -0.481 e. The van der Waals surface area contributed by atoms with E-state index < -0.39 is 5.97 Å². The molecule has 0 saturated carbocycles. The Kier molecular flexibility index (Phi) is 20.0. The Hall–Kier alpha value is -0.570. The smallest absolute Gasteiger partial charge is 0.303 e. The van der Waals surface area contributed by atoms with Crippen molar-refractivity contribution in [1.82, 2.24) is 0 Å². The summed E-state index contributed by atoms with van der Waals surface area (Å²) in [6.07, 6.45) is 15.6. The van der Waals surface area contributed by atoms with Crippen molar-refractivity contribution in [2.45, 2.75) is 104 Å². The number of hydrogen-bond acceptors (Lipinski definition) is 2. The summed E-state index contributed by atoms with van der Waals surface area (Å²) in [5.41, 5.74) is 5.70. The molecule has 122 valence electrons. The van der Waals surface area contributed by atoms with Gasteiger partial charge < -0.3 is 10.8 Å². The van der Waals surface area contributed by atoms with E-state index in [0.717, 1.165) is 0 Å². The fourth-order valence-electron chi connectivity index (χ4n) is 1.95. The SMILES string of the molecule is CCC(=O)O.CCCCCCCCCCCCC(C)N. The maximum atomic E-state index is 9.37. The molecule has 3 nitrogen and oxygen atoms in total. The predicted octanol–water partition coefficient (Wildman–Crippen LogP) is 5.13. The topological polar surface area (TPSA) is 63.3 Å². The van der Waals surface area contributed by atoms with Crippen LogP contribution < -0.4 is 5.73 Å². The van der Waals surface area contributed by atoms with Crippen LogP contribution in [0.3, 0.4) is 0 Å². The van der Waals surface area contributed by atoms with Crippen LogP contribution in [0.1, 0.15) is 97.8 Å². The molecule has 0 aliphatic rings. The first-order valence-corrected chi connectivity index (χ1v) is 8.51. The van der Waals surface area contributed by atoms with Gasteiger partial charge >= 0.3 is 5.97 Å². The summed E-state index contributed by atoms with van der Waals surface area (Å²) in [7, 11) is 0. The monoisotopic (exact) mass is 287 g/mol. The van der Waals surface area contributed by atoms with Crippen molar-refractivity contribution in [3.8, 4) is 0 Å². The Morgan fingerprint density at radius 3 is 1.55 bits per heavy atom. The molecule has 0 aromatic carbocycles. The van der Waals surface area contributed by atoms with Crippen molar-refractivity contribution in [2.75, 3.05) is 0 Å². The second kappa shape index (κ2) is 18.4. The molecule has 0 aromatic rings. The summed E-state index contributed by atoms with van der Waals surface area (Å²) in [6.45, 7) is 5.98. The van der Waals surface area contributed by atoms with Gasteiger partial charge in [-0.25, -0.2) is 0 Å². The Balaban J connectivity index is 0. The molecule has 3 heteroatoms. The van der Waals surface area contributed by atoms with Gasteiger partial charge in [-0.15, -0.1) is 0 Å². The molecule has 0 saturated heterocycles. The molecule has 0 fully saturated rings. The van der Waals surface area contributed by atoms with E-state index in [0.29, 0.717) is 6.04 Å². The van der Waals surface area contributed by atoms with Gasteiger partial charge in [-0.2, -0.15) is 0 Å². The van der Waals surface area contributed by atoms with Gasteiger partial charge in [-0.1, -0.05) is 78.1 Å². The molecule has 0 radical (unpaired) electrons. The molecular weight excluding hydrogens is 250 g/mol. The van der Waals surface area contributed by atoms with Crippen LogP contribution in [-0.2, 0) is 4.79 Å². The highest BCUT2D eigenvalue weighted by molar-refractivity contribution is 5.66. The number of carboxylic acid groups (broad SMARTS) is 1. The first kappa shape index (κ1) is 21.7. The van der Waals surface area contributed by atoms with Gasteiger partial charge in [0.25, 0.3) is 0 Å². The number of carboxylic acids is 1. The van der Waals surface area contributed by atoms with E-state index in [1.165, 1.54) is 70.6 Å². The lowest BCUT2D eigenvalue weighted by atomic mass is 10.0. The van der Waals surface area contributed by atoms with E-state index >= 15 is 0 Å². The van der Waals surface area contributed by atoms with Crippen molar-refractivity contribution in [3.63, 3.8) is 0 Å². The molecule has 0 rings (SSSR count). The fraction of sp³-hybridized carbons (Fsp3) is 0.941. The van der Waals surface area contributed by atoms with Crippen molar-refractivity contribution < 1.29 is 9.90 Å². The Bertz CT molecular complexity index is 193. The molecule has 0 heterocycles. The van der Waals surface area contributed by atoms with E-state index in [4.69, 9.17) is 10.8 Å². The molecule has 1 atom stereocenters. The lowest BCUT2D eigenvalue weighted by Gasteiger charge is -2.04. The molecule has 3 N–H and O–H groups in total. The van der Waals surface area contributed by atoms with Crippen LogP contribution in [-0.4, -0.2) is 17.1 Å². The highest BCUT2D eigenvalue weighted by Crippen LogP contribution is 2.11. The highest BCUT2D eigenvalue weighted by atomic mass is 16.4. The Morgan fingerprint density at radius 1 is 0.900 bits per heavy atom. The lowest BCUT2D eigenvalue weighted by Crippen LogP contribution is -2.13. The van der Waals surface area contributed by atoms with E-state index in [2.05, 4.69) is 13.8 Å². The normalized spacial score (nSPS) is 11.6. The molecule has 0 aliphatic carbocycles. The summed E-state index contributed by atoms with van der Waals surface area (Å²) in [5.74, 6) is -0.745. The molecule has 0 spiro atoms. The summed E-state index contributed by atoms with van der Waals surface area (Å²) in [4.78, 5) is 9.37. The van der Waals surface area contributed by atoms with Gasteiger partial charge in [-0.3, -0.25) is 4.79 Å². The molecule has 0 amide bonds. The molecule has 0 aromatic heterocycles. The average Bonchev–Trinajstić information content (AvgIpc) is 2.41. The van der Waals surface area contributed by atoms with Gasteiger partial charge in [0.2, 0.25) is 0 Å². The van der Waals surface area contributed by atoms with E-state index in [9.17, 15) is 4.79 Å². The molecule has 0 aliphatic heterocycles. The summed E-state index contributed by atoms with van der Waals surface area (Å²) in [6, 6.07) is 0.402. The third-order valence-electron chi connectivity index (χ3n) is 3.32. The first-order valence-electron chi connectivity index (χ1n) is 8.51. The highest BCUT2D eigenvalue weighted by Gasteiger charge is 1.95. The molecule has 20 heavy (non-hydrogen) atoms. The largest absolute Gasteiger partial charge is 0.481 e. The van der Waals surface area contributed by atoms with E-state index in [1.54, 1.807) is 6.92 Å². The zero-order chi connectivity index (χ0) is 15.6. The minimum atomic E-state index is -0.745. The van der Waals surface area contributed by atoms with Crippen molar-refractivity contribution in [2.24, 2.45) is 5.73 Å². The number of aliphatic carboxylic acids is 1. The molecule has 0 bridgehead atoms. The first-order chi connectivity index (χ1) is 9.54. The molecule has 1 unspecified atom stereocenters. The number of hydrogen-bond donors (Lipinski definition) is 2. The van der Waals surface area contributed by atoms with Crippen LogP contribution in [0.15, 0.2) is 0 Å². The maximum Gasteiger partial charge on any atom is 0.303 e. The van der Waals surface area contributed by atoms with Crippen LogP contribution in [0.2, 0.25) is 0 Å². The lowest BCUT2D eigenvalue weighted by molar-refractivity contribution is -0.136. The van der Waals surface area contributed by atoms with Crippen LogP contribution in [0.25, 0.3) is 0 Å². The summed E-state index contributed by atoms with van der Waals surface area (Å²) >= 11 is 0. The van der Waals surface area contributed by atoms with Crippen LogP contribution >= 0.6 is 0 Å². The van der Waals surface area contributed by atoms with Crippen molar-refractivity contribution >= 4 is 5.97 Å². The number of carbonyl (C=O) groups is 1. The number of rotatable bonds is 12. The Labute approximate surface area is 126 Å². The standard InChI is InChI=1S/C14H31N.C3H6O2/c1-3-4-5-6-7-8-9-10-11-12-13-14(2)15;1-2-3(4)5/h14H,3-13,15H2,1-2H3;2H2,1H3,(H,4,5). The maximum absolute atomic E-state index is 9.37. The number of unbranched alkanes of at least 4 members (excludes halogenated alkanes) is 9. The third kappa shape index (κ3) is 26.1. The number of nitrogens with two attached hydrogens (primary N) is 1. The van der Waals surface area contributed by atoms with Gasteiger partial charge in [0.1, 0.15) is 0 Å². The van der Waals surface area contributed by atoms with Gasteiger partial charge in [0.15, 0.2) is 0 Å². The van der Waals surface area contributed by atoms with Crippen LogP contribution in [0, 0.1) is 0 Å². The quantitative estimate of drug-likeness (QED) is 0.489. The predicted molar refractivity (Wildman–Crippen MR) is 88.0 cm³/mol. The zero-order valence-electron chi connectivity index (χ0n) is 14.0.